The van der Waals surface area contributed by atoms with Crippen molar-refractivity contribution in [1.29, 1.82) is 0 Å². The van der Waals surface area contributed by atoms with E-state index in [2.05, 4.69) is 58.8 Å². The van der Waals surface area contributed by atoms with Crippen molar-refractivity contribution in [3.63, 3.8) is 0 Å². The number of rotatable bonds is 3. The lowest BCUT2D eigenvalue weighted by Crippen LogP contribution is -2.53. The van der Waals surface area contributed by atoms with E-state index in [1.807, 2.05) is 0 Å². The first kappa shape index (κ1) is 16.2. The molecule has 0 amide bonds. The van der Waals surface area contributed by atoms with Gasteiger partial charge in [-0.25, -0.2) is 0 Å². The number of hydrogen-bond acceptors (Lipinski definition) is 4. The summed E-state index contributed by atoms with van der Waals surface area (Å²) >= 11 is 0. The second-order valence-electron chi connectivity index (χ2n) is 7.66. The van der Waals surface area contributed by atoms with E-state index in [9.17, 15) is 0 Å². The fourth-order valence-corrected chi connectivity index (χ4v) is 4.29. The lowest BCUT2D eigenvalue weighted by Gasteiger charge is -2.40. The predicted molar refractivity (Wildman–Crippen MR) is 82.0 cm³/mol. The highest BCUT2D eigenvalue weighted by Gasteiger charge is 2.53. The lowest BCUT2D eigenvalue weighted by molar-refractivity contribution is -0.0926. The Balaban J connectivity index is 2.10. The number of nitrogens with zero attached hydrogens (tertiary/aromatic N) is 1. The van der Waals surface area contributed by atoms with Crippen LogP contribution in [-0.2, 0) is 9.47 Å². The molecule has 2 unspecified atom stereocenters. The third-order valence-electron chi connectivity index (χ3n) is 4.83. The van der Waals surface area contributed by atoms with Crippen LogP contribution in [0.3, 0.4) is 0 Å². The molecule has 2 fully saturated rings. The second-order valence-corrected chi connectivity index (χ2v) is 7.66. The summed E-state index contributed by atoms with van der Waals surface area (Å²) in [4.78, 5) is 2.54. The molecule has 1 N–H and O–H groups in total. The van der Waals surface area contributed by atoms with E-state index in [1.165, 1.54) is 0 Å². The highest BCUT2D eigenvalue weighted by atomic mass is 16.5. The van der Waals surface area contributed by atoms with Crippen molar-refractivity contribution < 1.29 is 9.47 Å². The van der Waals surface area contributed by atoms with E-state index < -0.39 is 0 Å². The van der Waals surface area contributed by atoms with E-state index in [4.69, 9.17) is 9.47 Å². The molecule has 2 aliphatic rings. The molecule has 0 aliphatic carbocycles. The van der Waals surface area contributed by atoms with Gasteiger partial charge in [-0.1, -0.05) is 0 Å². The molecular weight excluding hydrogens is 252 g/mol. The quantitative estimate of drug-likeness (QED) is 0.858. The SMILES string of the molecule is CNC1C(CN2C[C@@H](C)O[C@@H](C)C2)C(C)(C)OC1(C)C. The largest absolute Gasteiger partial charge is 0.373 e. The van der Waals surface area contributed by atoms with E-state index in [0.29, 0.717) is 24.2 Å². The lowest BCUT2D eigenvalue weighted by atomic mass is 9.82. The number of likely N-dealkylation sites (N-methyl/N-ethyl adjacent to an activating group) is 1. The van der Waals surface area contributed by atoms with Crippen molar-refractivity contribution in [2.24, 2.45) is 5.92 Å². The summed E-state index contributed by atoms with van der Waals surface area (Å²) in [6, 6.07) is 0.381. The first-order chi connectivity index (χ1) is 9.15. The van der Waals surface area contributed by atoms with Crippen LogP contribution in [-0.4, -0.2) is 61.0 Å². The minimum atomic E-state index is -0.119. The van der Waals surface area contributed by atoms with Crippen LogP contribution in [0.25, 0.3) is 0 Å². The molecule has 0 aromatic heterocycles. The van der Waals surface area contributed by atoms with Crippen LogP contribution >= 0.6 is 0 Å². The molecule has 0 saturated carbocycles. The highest BCUT2D eigenvalue weighted by Crippen LogP contribution is 2.42. The molecule has 0 spiro atoms. The summed E-state index contributed by atoms with van der Waals surface area (Å²) in [7, 11) is 2.05. The van der Waals surface area contributed by atoms with E-state index in [0.717, 1.165) is 19.6 Å². The molecule has 2 aliphatic heterocycles. The zero-order valence-electron chi connectivity index (χ0n) is 14.2. The number of ether oxygens (including phenoxy) is 2. The standard InChI is InChI=1S/C16H32N2O2/c1-11-8-18(9-12(2)19-11)10-13-14(17-7)16(5,6)20-15(13,3)4/h11-14,17H,8-10H2,1-7H3/t11-,12+,13?,14?. The Hall–Kier alpha value is -0.160. The van der Waals surface area contributed by atoms with Gasteiger partial charge in [-0.05, 0) is 48.6 Å². The average Bonchev–Trinajstić information content (AvgIpc) is 2.41. The zero-order valence-corrected chi connectivity index (χ0v) is 14.2. The van der Waals surface area contributed by atoms with Crippen LogP contribution in [0.15, 0.2) is 0 Å². The third-order valence-corrected chi connectivity index (χ3v) is 4.83. The molecule has 0 aromatic rings. The minimum Gasteiger partial charge on any atom is -0.373 e. The van der Waals surface area contributed by atoms with Gasteiger partial charge in [-0.15, -0.1) is 0 Å². The van der Waals surface area contributed by atoms with Crippen LogP contribution in [0, 0.1) is 5.92 Å². The molecule has 118 valence electrons. The van der Waals surface area contributed by atoms with Gasteiger partial charge in [0.2, 0.25) is 0 Å². The molecule has 2 heterocycles. The average molecular weight is 284 g/mol. The van der Waals surface area contributed by atoms with Gasteiger partial charge in [-0.3, -0.25) is 4.90 Å². The van der Waals surface area contributed by atoms with Gasteiger partial charge < -0.3 is 14.8 Å². The Bertz CT molecular complexity index is 333. The Morgan fingerprint density at radius 2 is 1.60 bits per heavy atom. The molecule has 4 atom stereocenters. The number of morpholine rings is 1. The first-order valence-electron chi connectivity index (χ1n) is 7.91. The fraction of sp³-hybridized carbons (Fsp3) is 1.00. The van der Waals surface area contributed by atoms with Crippen LogP contribution in [0.1, 0.15) is 41.5 Å². The Kier molecular flexibility index (Phi) is 4.51. The molecule has 4 nitrogen and oxygen atoms in total. The van der Waals surface area contributed by atoms with Gasteiger partial charge in [0.25, 0.3) is 0 Å². The van der Waals surface area contributed by atoms with Crippen LogP contribution in [0.2, 0.25) is 0 Å². The third kappa shape index (κ3) is 3.19. The second kappa shape index (κ2) is 5.56. The van der Waals surface area contributed by atoms with Gasteiger partial charge in [0.15, 0.2) is 0 Å². The van der Waals surface area contributed by atoms with Crippen LogP contribution in [0.5, 0.6) is 0 Å². The molecule has 0 aromatic carbocycles. The smallest absolute Gasteiger partial charge is 0.0790 e. The summed E-state index contributed by atoms with van der Waals surface area (Å²) in [5.41, 5.74) is -0.214. The molecule has 20 heavy (non-hydrogen) atoms. The van der Waals surface area contributed by atoms with E-state index >= 15 is 0 Å². The topological polar surface area (TPSA) is 33.7 Å². The molecule has 2 saturated heterocycles. The Morgan fingerprint density at radius 3 is 2.10 bits per heavy atom. The monoisotopic (exact) mass is 284 g/mol. The predicted octanol–water partition coefficient (Wildman–Crippen LogP) is 1.89. The van der Waals surface area contributed by atoms with Gasteiger partial charge in [0, 0.05) is 31.6 Å². The summed E-state index contributed by atoms with van der Waals surface area (Å²) in [5.74, 6) is 0.486. The fourth-order valence-electron chi connectivity index (χ4n) is 4.29. The first-order valence-corrected chi connectivity index (χ1v) is 7.91. The van der Waals surface area contributed by atoms with Crippen molar-refractivity contribution in [1.82, 2.24) is 10.2 Å². The maximum Gasteiger partial charge on any atom is 0.0790 e. The zero-order chi connectivity index (χ0) is 15.1. The maximum atomic E-state index is 6.33. The van der Waals surface area contributed by atoms with Crippen LogP contribution in [0.4, 0.5) is 0 Å². The summed E-state index contributed by atoms with van der Waals surface area (Å²) in [6.45, 7) is 16.3. The number of nitrogens with one attached hydrogen (secondary N) is 1. The molecule has 4 heteroatoms. The highest BCUT2D eigenvalue weighted by molar-refractivity contribution is 5.06. The summed E-state index contributed by atoms with van der Waals surface area (Å²) in [6.07, 6.45) is 0.649. The van der Waals surface area contributed by atoms with Crippen molar-refractivity contribution in [2.75, 3.05) is 26.7 Å². The van der Waals surface area contributed by atoms with Crippen molar-refractivity contribution in [3.05, 3.63) is 0 Å². The normalized spacial score (nSPS) is 41.0. The molecule has 0 bridgehead atoms. The van der Waals surface area contributed by atoms with Crippen molar-refractivity contribution in [2.45, 2.75) is 71.0 Å². The van der Waals surface area contributed by atoms with Gasteiger partial charge in [-0.2, -0.15) is 0 Å². The van der Waals surface area contributed by atoms with E-state index in [1.54, 1.807) is 0 Å². The van der Waals surface area contributed by atoms with Crippen LogP contribution < -0.4 is 5.32 Å². The molecule has 2 rings (SSSR count). The van der Waals surface area contributed by atoms with Gasteiger partial charge in [0.05, 0.1) is 23.4 Å². The van der Waals surface area contributed by atoms with Gasteiger partial charge >= 0.3 is 0 Å². The Morgan fingerprint density at radius 1 is 1.05 bits per heavy atom. The van der Waals surface area contributed by atoms with E-state index in [-0.39, 0.29) is 11.2 Å². The maximum absolute atomic E-state index is 6.33. The van der Waals surface area contributed by atoms with Crippen molar-refractivity contribution in [3.8, 4) is 0 Å². The number of hydrogen-bond donors (Lipinski definition) is 1. The molecule has 0 radical (unpaired) electrons. The Labute approximate surface area is 124 Å². The summed E-state index contributed by atoms with van der Waals surface area (Å²) in [5, 5.41) is 3.49. The summed E-state index contributed by atoms with van der Waals surface area (Å²) < 4.78 is 12.2. The van der Waals surface area contributed by atoms with Gasteiger partial charge in [0.1, 0.15) is 0 Å². The molecular formula is C16H32N2O2. The van der Waals surface area contributed by atoms with Crippen molar-refractivity contribution >= 4 is 0 Å². The minimum absolute atomic E-state index is 0.0953.